The molecule has 2 aromatic rings. The number of nitrogens with zero attached hydrogens (tertiary/aromatic N) is 1. The van der Waals surface area contributed by atoms with Crippen LogP contribution in [0.1, 0.15) is 12.0 Å². The Morgan fingerprint density at radius 1 is 1.42 bits per heavy atom. The number of aromatic amines is 1. The Bertz CT molecular complexity index is 687. The molecule has 0 aliphatic heterocycles. The van der Waals surface area contributed by atoms with Crippen molar-refractivity contribution in [3.05, 3.63) is 28.5 Å². The zero-order valence-corrected chi connectivity index (χ0v) is 10.4. The van der Waals surface area contributed by atoms with E-state index < -0.39 is 17.6 Å². The van der Waals surface area contributed by atoms with E-state index in [2.05, 4.69) is 4.98 Å². The third-order valence-corrected chi connectivity index (χ3v) is 3.01. The molecule has 0 aliphatic rings. The Balaban J connectivity index is 2.48. The van der Waals surface area contributed by atoms with Gasteiger partial charge in [0.1, 0.15) is 0 Å². The van der Waals surface area contributed by atoms with Crippen LogP contribution >= 0.6 is 12.2 Å². The third-order valence-electron chi connectivity index (χ3n) is 2.68. The average molecular weight is 289 g/mol. The quantitative estimate of drug-likeness (QED) is 0.853. The lowest BCUT2D eigenvalue weighted by molar-refractivity contribution is -0.137. The first-order valence-corrected chi connectivity index (χ1v) is 5.78. The lowest BCUT2D eigenvalue weighted by atomic mass is 10.2. The van der Waals surface area contributed by atoms with Crippen LogP contribution in [0.5, 0.6) is 0 Å². The fourth-order valence-electron chi connectivity index (χ4n) is 1.78. The number of nitrogens with two attached hydrogens (primary N) is 1. The number of aryl methyl sites for hydroxylation is 1. The summed E-state index contributed by atoms with van der Waals surface area (Å²) in [6, 6.07) is 3.29. The number of carbonyl (C=O) groups excluding carboxylic acids is 1. The Morgan fingerprint density at radius 3 is 2.68 bits per heavy atom. The van der Waals surface area contributed by atoms with E-state index in [9.17, 15) is 18.0 Å². The van der Waals surface area contributed by atoms with Gasteiger partial charge in [-0.15, -0.1) is 0 Å². The van der Waals surface area contributed by atoms with Gasteiger partial charge in [0.15, 0.2) is 4.77 Å². The summed E-state index contributed by atoms with van der Waals surface area (Å²) in [6.45, 7) is 0.236. The molecule has 1 aromatic carbocycles. The van der Waals surface area contributed by atoms with Gasteiger partial charge in [-0.1, -0.05) is 0 Å². The van der Waals surface area contributed by atoms with E-state index in [1.54, 1.807) is 4.57 Å². The maximum atomic E-state index is 12.6. The fourth-order valence-corrected chi connectivity index (χ4v) is 2.08. The molecule has 0 atom stereocenters. The minimum absolute atomic E-state index is 0.0717. The van der Waals surface area contributed by atoms with Gasteiger partial charge in [-0.2, -0.15) is 13.2 Å². The molecule has 19 heavy (non-hydrogen) atoms. The number of amides is 1. The number of aromatic nitrogens is 2. The first kappa shape index (κ1) is 13.6. The zero-order valence-electron chi connectivity index (χ0n) is 9.62. The van der Waals surface area contributed by atoms with Crippen LogP contribution in [0.15, 0.2) is 18.2 Å². The van der Waals surface area contributed by atoms with Crippen LogP contribution in [0, 0.1) is 4.77 Å². The summed E-state index contributed by atoms with van der Waals surface area (Å²) in [4.78, 5) is 13.4. The van der Waals surface area contributed by atoms with Crippen molar-refractivity contribution < 1.29 is 18.0 Å². The Labute approximate surface area is 111 Å². The van der Waals surface area contributed by atoms with Crippen LogP contribution in [0.2, 0.25) is 0 Å². The Hall–Kier alpha value is -1.83. The fraction of sp³-hybridized carbons (Fsp3) is 0.273. The molecule has 1 heterocycles. The van der Waals surface area contributed by atoms with Gasteiger partial charge in [0, 0.05) is 13.0 Å². The minimum Gasteiger partial charge on any atom is -0.370 e. The smallest absolute Gasteiger partial charge is 0.370 e. The first-order valence-electron chi connectivity index (χ1n) is 5.37. The highest BCUT2D eigenvalue weighted by molar-refractivity contribution is 7.71. The summed E-state index contributed by atoms with van der Waals surface area (Å²) in [5.74, 6) is -0.497. The largest absolute Gasteiger partial charge is 0.416 e. The number of hydrogen-bond acceptors (Lipinski definition) is 2. The number of nitrogens with one attached hydrogen (secondary N) is 1. The van der Waals surface area contributed by atoms with Gasteiger partial charge in [0.2, 0.25) is 5.91 Å². The van der Waals surface area contributed by atoms with Crippen molar-refractivity contribution in [2.24, 2.45) is 5.73 Å². The molecule has 0 fully saturated rings. The number of imidazole rings is 1. The highest BCUT2D eigenvalue weighted by atomic mass is 32.1. The van der Waals surface area contributed by atoms with Gasteiger partial charge in [-0.3, -0.25) is 4.79 Å². The van der Waals surface area contributed by atoms with Gasteiger partial charge >= 0.3 is 6.18 Å². The Kier molecular flexibility index (Phi) is 3.36. The van der Waals surface area contributed by atoms with Crippen molar-refractivity contribution >= 4 is 29.2 Å². The van der Waals surface area contributed by atoms with Gasteiger partial charge in [-0.25, -0.2) is 0 Å². The number of carbonyl (C=O) groups is 1. The van der Waals surface area contributed by atoms with E-state index >= 15 is 0 Å². The highest BCUT2D eigenvalue weighted by Gasteiger charge is 2.30. The summed E-state index contributed by atoms with van der Waals surface area (Å²) in [7, 11) is 0. The molecular formula is C11H10F3N3OS. The molecule has 0 aliphatic carbocycles. The van der Waals surface area contributed by atoms with Gasteiger partial charge in [-0.05, 0) is 30.4 Å². The van der Waals surface area contributed by atoms with E-state index in [4.69, 9.17) is 18.0 Å². The third kappa shape index (κ3) is 2.78. The van der Waals surface area contributed by atoms with Crippen molar-refractivity contribution in [2.75, 3.05) is 0 Å². The number of benzene rings is 1. The van der Waals surface area contributed by atoms with Crippen molar-refractivity contribution in [3.63, 3.8) is 0 Å². The molecule has 0 unspecified atom stereocenters. The van der Waals surface area contributed by atoms with E-state index in [-0.39, 0.29) is 23.3 Å². The van der Waals surface area contributed by atoms with Crippen molar-refractivity contribution in [1.82, 2.24) is 9.55 Å². The number of rotatable bonds is 3. The number of primary amides is 1. The zero-order chi connectivity index (χ0) is 14.2. The summed E-state index contributed by atoms with van der Waals surface area (Å²) in [5.41, 5.74) is 5.08. The molecule has 102 valence electrons. The second-order valence-corrected chi connectivity index (χ2v) is 4.41. The predicted molar refractivity (Wildman–Crippen MR) is 65.9 cm³/mol. The summed E-state index contributed by atoms with van der Waals surface area (Å²) in [6.07, 6.45) is -4.33. The molecule has 1 aromatic heterocycles. The average Bonchev–Trinajstić information content (AvgIpc) is 2.59. The van der Waals surface area contributed by atoms with Gasteiger partial charge in [0.05, 0.1) is 16.6 Å². The molecule has 3 N–H and O–H groups in total. The first-order chi connectivity index (χ1) is 8.79. The number of alkyl halides is 3. The lowest BCUT2D eigenvalue weighted by Gasteiger charge is -2.07. The van der Waals surface area contributed by atoms with Crippen LogP contribution < -0.4 is 5.73 Å². The van der Waals surface area contributed by atoms with Gasteiger partial charge in [0.25, 0.3) is 0 Å². The molecular weight excluding hydrogens is 279 g/mol. The number of hydrogen-bond donors (Lipinski definition) is 2. The van der Waals surface area contributed by atoms with Crippen LogP contribution in [0.3, 0.4) is 0 Å². The lowest BCUT2D eigenvalue weighted by Crippen LogP contribution is -2.13. The molecule has 1 amide bonds. The summed E-state index contributed by atoms with van der Waals surface area (Å²) >= 11 is 5.02. The van der Waals surface area contributed by atoms with Crippen LogP contribution in [0.25, 0.3) is 11.0 Å². The normalized spacial score (nSPS) is 11.9. The second kappa shape index (κ2) is 4.69. The maximum Gasteiger partial charge on any atom is 0.416 e. The molecule has 2 rings (SSSR count). The van der Waals surface area contributed by atoms with Crippen molar-refractivity contribution in [1.29, 1.82) is 0 Å². The number of halogens is 3. The van der Waals surface area contributed by atoms with E-state index in [1.165, 1.54) is 6.07 Å². The predicted octanol–water partition coefficient (Wildman–Crippen LogP) is 2.59. The molecule has 4 nitrogen and oxygen atoms in total. The topological polar surface area (TPSA) is 63.8 Å². The monoisotopic (exact) mass is 289 g/mol. The highest BCUT2D eigenvalue weighted by Crippen LogP contribution is 2.31. The summed E-state index contributed by atoms with van der Waals surface area (Å²) in [5, 5.41) is 0. The molecule has 0 saturated carbocycles. The second-order valence-electron chi connectivity index (χ2n) is 4.03. The van der Waals surface area contributed by atoms with Crippen molar-refractivity contribution in [3.8, 4) is 0 Å². The molecule has 0 spiro atoms. The van der Waals surface area contributed by atoms with Crippen LogP contribution in [0.4, 0.5) is 13.2 Å². The molecule has 0 saturated heterocycles. The standard InChI is InChI=1S/C11H10F3N3OS/c12-11(13,14)6-1-2-8-7(5-6)16-10(19)17(8)4-3-9(15)18/h1-2,5H,3-4H2,(H2,15,18)(H,16,19). The summed E-state index contributed by atoms with van der Waals surface area (Å²) < 4.78 is 39.5. The van der Waals surface area contributed by atoms with Crippen molar-refractivity contribution in [2.45, 2.75) is 19.1 Å². The maximum absolute atomic E-state index is 12.6. The molecule has 8 heteroatoms. The van der Waals surface area contributed by atoms with Crippen LogP contribution in [-0.4, -0.2) is 15.5 Å². The number of H-pyrrole nitrogens is 1. The number of fused-ring (bicyclic) bond motifs is 1. The SMILES string of the molecule is NC(=O)CCn1c(=S)[nH]c2cc(C(F)(F)F)ccc21. The molecule has 0 radical (unpaired) electrons. The van der Waals surface area contributed by atoms with Gasteiger partial charge < -0.3 is 15.3 Å². The van der Waals surface area contributed by atoms with E-state index in [0.717, 1.165) is 12.1 Å². The minimum atomic E-state index is -4.40. The Morgan fingerprint density at radius 2 is 2.11 bits per heavy atom. The van der Waals surface area contributed by atoms with E-state index in [1.807, 2.05) is 0 Å². The van der Waals surface area contributed by atoms with Crippen LogP contribution in [-0.2, 0) is 17.5 Å². The molecule has 0 bridgehead atoms. The van der Waals surface area contributed by atoms with E-state index in [0.29, 0.717) is 5.52 Å².